The number of rotatable bonds is 7. The first-order valence-corrected chi connectivity index (χ1v) is 13.1. The van der Waals surface area contributed by atoms with Crippen LogP contribution in [-0.2, 0) is 32.5 Å². The molecule has 2 aromatic rings. The molecule has 176 valence electrons. The summed E-state index contributed by atoms with van der Waals surface area (Å²) in [5.41, 5.74) is 1.78. The second-order valence-corrected chi connectivity index (χ2v) is 10.9. The van der Waals surface area contributed by atoms with Gasteiger partial charge in [-0.1, -0.05) is 42.8 Å². The lowest BCUT2D eigenvalue weighted by Gasteiger charge is -2.33. The number of piperidine rings is 1. The van der Waals surface area contributed by atoms with E-state index in [9.17, 15) is 18.0 Å². The number of carbonyl (C=O) groups is 2. The maximum Gasteiger partial charge on any atom is 0.241 e. The molecule has 4 rings (SSSR count). The molecule has 2 amide bonds. The van der Waals surface area contributed by atoms with Crippen LogP contribution in [-0.4, -0.2) is 44.3 Å². The van der Waals surface area contributed by atoms with Gasteiger partial charge in [0.1, 0.15) is 6.04 Å². The summed E-state index contributed by atoms with van der Waals surface area (Å²) in [5.74, 6) is 0.0741. The van der Waals surface area contributed by atoms with Gasteiger partial charge in [0.05, 0.1) is 11.3 Å². The molecule has 0 aliphatic carbocycles. The number of nitrogens with one attached hydrogen (secondary N) is 2. The topological polar surface area (TPSA) is 95.6 Å². The van der Waals surface area contributed by atoms with Gasteiger partial charge in [-0.25, -0.2) is 8.42 Å². The van der Waals surface area contributed by atoms with E-state index >= 15 is 0 Å². The number of hydrogen-bond donors (Lipinski definition) is 2. The number of anilines is 1. The Labute approximate surface area is 199 Å². The van der Waals surface area contributed by atoms with E-state index < -0.39 is 16.1 Å². The summed E-state index contributed by atoms with van der Waals surface area (Å²) >= 11 is 6.29. The molecular formula is C24H28ClN3O4S. The largest absolute Gasteiger partial charge is 0.341 e. The molecular weight excluding hydrogens is 462 g/mol. The van der Waals surface area contributed by atoms with Crippen LogP contribution in [0.25, 0.3) is 0 Å². The van der Waals surface area contributed by atoms with Gasteiger partial charge in [-0.15, -0.1) is 0 Å². The van der Waals surface area contributed by atoms with Crippen molar-refractivity contribution in [3.8, 4) is 0 Å². The standard InChI is InChI=1S/C24H28ClN3O4S/c1-16-11-13-28(14-12-16)24(30)21(10-9-17-5-2-3-6-19(17)25)27-33(31,32)22-8-4-7-20-18(22)15-23(29)26-20/h2-8,16,21,27H,9-15H2,1H3,(H,26,29). The molecule has 1 saturated heterocycles. The Kier molecular flexibility index (Phi) is 7.07. The van der Waals surface area contributed by atoms with Crippen LogP contribution in [0.5, 0.6) is 0 Å². The first-order valence-electron chi connectivity index (χ1n) is 11.2. The molecule has 2 N–H and O–H groups in total. The molecule has 0 radical (unpaired) electrons. The van der Waals surface area contributed by atoms with Crippen molar-refractivity contribution in [1.29, 1.82) is 0 Å². The number of aryl methyl sites for hydroxylation is 1. The Balaban J connectivity index is 1.59. The van der Waals surface area contributed by atoms with Gasteiger partial charge in [-0.3, -0.25) is 9.59 Å². The van der Waals surface area contributed by atoms with E-state index in [0.717, 1.165) is 18.4 Å². The highest BCUT2D eigenvalue weighted by Crippen LogP contribution is 2.30. The molecule has 2 aromatic carbocycles. The fraction of sp³-hybridized carbons (Fsp3) is 0.417. The molecule has 0 saturated carbocycles. The Morgan fingerprint density at radius 1 is 1.18 bits per heavy atom. The third-order valence-corrected chi connectivity index (χ3v) is 8.31. The molecule has 1 fully saturated rings. The van der Waals surface area contributed by atoms with Gasteiger partial charge >= 0.3 is 0 Å². The van der Waals surface area contributed by atoms with E-state index in [1.54, 1.807) is 23.1 Å². The Morgan fingerprint density at radius 3 is 2.64 bits per heavy atom. The second kappa shape index (κ2) is 9.83. The van der Waals surface area contributed by atoms with Crippen LogP contribution in [0.4, 0.5) is 5.69 Å². The minimum Gasteiger partial charge on any atom is -0.341 e. The van der Waals surface area contributed by atoms with E-state index in [4.69, 9.17) is 11.6 Å². The van der Waals surface area contributed by atoms with Crippen molar-refractivity contribution in [2.24, 2.45) is 5.92 Å². The number of benzene rings is 2. The van der Waals surface area contributed by atoms with Gasteiger partial charge in [-0.05, 0) is 55.4 Å². The van der Waals surface area contributed by atoms with Crippen molar-refractivity contribution in [2.75, 3.05) is 18.4 Å². The summed E-state index contributed by atoms with van der Waals surface area (Å²) < 4.78 is 29.4. The van der Waals surface area contributed by atoms with Gasteiger partial charge in [0.15, 0.2) is 0 Å². The lowest BCUT2D eigenvalue weighted by atomic mass is 9.98. The van der Waals surface area contributed by atoms with Crippen LogP contribution < -0.4 is 10.0 Å². The predicted octanol–water partition coefficient (Wildman–Crippen LogP) is 3.37. The highest BCUT2D eigenvalue weighted by atomic mass is 35.5. The molecule has 0 spiro atoms. The SMILES string of the molecule is CC1CCN(C(=O)C(CCc2ccccc2Cl)NS(=O)(=O)c2cccc3c2CC(=O)N3)CC1. The normalized spacial score (nSPS) is 17.5. The van der Waals surface area contributed by atoms with E-state index in [-0.39, 0.29) is 29.6 Å². The maximum absolute atomic E-state index is 13.4. The van der Waals surface area contributed by atoms with Crippen molar-refractivity contribution in [2.45, 2.75) is 50.0 Å². The molecule has 0 bridgehead atoms. The number of halogens is 1. The molecule has 0 aromatic heterocycles. The fourth-order valence-electron chi connectivity index (χ4n) is 4.41. The highest BCUT2D eigenvalue weighted by Gasteiger charge is 2.33. The molecule has 1 unspecified atom stereocenters. The molecule has 33 heavy (non-hydrogen) atoms. The van der Waals surface area contributed by atoms with Crippen molar-refractivity contribution in [3.63, 3.8) is 0 Å². The molecule has 2 aliphatic rings. The van der Waals surface area contributed by atoms with Crippen LogP contribution in [0.1, 0.15) is 37.3 Å². The van der Waals surface area contributed by atoms with Crippen molar-refractivity contribution in [3.05, 3.63) is 58.6 Å². The van der Waals surface area contributed by atoms with Crippen molar-refractivity contribution >= 4 is 39.1 Å². The second-order valence-electron chi connectivity index (χ2n) is 8.82. The zero-order valence-corrected chi connectivity index (χ0v) is 20.1. The first kappa shape index (κ1) is 23.7. The van der Waals surface area contributed by atoms with Crippen LogP contribution >= 0.6 is 11.6 Å². The Bertz CT molecular complexity index is 1160. The van der Waals surface area contributed by atoms with Gasteiger partial charge in [-0.2, -0.15) is 4.72 Å². The third kappa shape index (κ3) is 5.39. The zero-order valence-electron chi connectivity index (χ0n) is 18.5. The molecule has 7 nitrogen and oxygen atoms in total. The van der Waals surface area contributed by atoms with Crippen LogP contribution in [0.15, 0.2) is 47.4 Å². The van der Waals surface area contributed by atoms with Crippen molar-refractivity contribution in [1.82, 2.24) is 9.62 Å². The minimum absolute atomic E-state index is 0.00529. The van der Waals surface area contributed by atoms with Crippen LogP contribution in [0, 0.1) is 5.92 Å². The van der Waals surface area contributed by atoms with Gasteiger partial charge in [0.2, 0.25) is 21.8 Å². The molecule has 2 heterocycles. The van der Waals surface area contributed by atoms with Gasteiger partial charge in [0.25, 0.3) is 0 Å². The van der Waals surface area contributed by atoms with Crippen LogP contribution in [0.3, 0.4) is 0 Å². The first-order chi connectivity index (χ1) is 15.7. The third-order valence-electron chi connectivity index (χ3n) is 6.38. The lowest BCUT2D eigenvalue weighted by molar-refractivity contribution is -0.134. The monoisotopic (exact) mass is 489 g/mol. The van der Waals surface area contributed by atoms with Crippen LogP contribution in [0.2, 0.25) is 5.02 Å². The average molecular weight is 490 g/mol. The highest BCUT2D eigenvalue weighted by molar-refractivity contribution is 7.89. The summed E-state index contributed by atoms with van der Waals surface area (Å²) in [7, 11) is -4.04. The molecule has 2 aliphatic heterocycles. The number of hydrogen-bond acceptors (Lipinski definition) is 4. The number of fused-ring (bicyclic) bond motifs is 1. The van der Waals surface area contributed by atoms with E-state index in [2.05, 4.69) is 17.0 Å². The zero-order chi connectivity index (χ0) is 23.6. The fourth-order valence-corrected chi connectivity index (χ4v) is 6.12. The number of amides is 2. The van der Waals surface area contributed by atoms with Gasteiger partial charge in [0, 0.05) is 29.4 Å². The number of likely N-dealkylation sites (tertiary alicyclic amines) is 1. The van der Waals surface area contributed by atoms with Gasteiger partial charge < -0.3 is 10.2 Å². The quantitative estimate of drug-likeness (QED) is 0.623. The smallest absolute Gasteiger partial charge is 0.241 e. The number of carbonyl (C=O) groups excluding carboxylic acids is 2. The summed E-state index contributed by atoms with van der Waals surface area (Å²) in [5, 5.41) is 3.26. The molecule has 1 atom stereocenters. The Hall–Kier alpha value is -2.42. The average Bonchev–Trinajstić information content (AvgIpc) is 3.17. The lowest BCUT2D eigenvalue weighted by Crippen LogP contribution is -2.50. The summed E-state index contributed by atoms with van der Waals surface area (Å²) in [4.78, 5) is 27.0. The predicted molar refractivity (Wildman–Crippen MR) is 128 cm³/mol. The maximum atomic E-state index is 13.4. The number of nitrogens with zero attached hydrogens (tertiary/aromatic N) is 1. The minimum atomic E-state index is -4.04. The van der Waals surface area contributed by atoms with E-state index in [1.165, 1.54) is 6.07 Å². The summed E-state index contributed by atoms with van der Waals surface area (Å²) in [6, 6.07) is 11.2. The molecule has 9 heteroatoms. The Morgan fingerprint density at radius 2 is 1.91 bits per heavy atom. The van der Waals surface area contributed by atoms with E-state index in [0.29, 0.717) is 41.7 Å². The van der Waals surface area contributed by atoms with Crippen molar-refractivity contribution < 1.29 is 18.0 Å². The summed E-state index contributed by atoms with van der Waals surface area (Å²) in [6.07, 6.45) is 2.52. The number of sulfonamides is 1. The van der Waals surface area contributed by atoms with E-state index in [1.807, 2.05) is 18.2 Å². The summed E-state index contributed by atoms with van der Waals surface area (Å²) in [6.45, 7) is 3.39.